The molecule has 40 heavy (non-hydrogen) atoms. The van der Waals surface area contributed by atoms with Crippen molar-refractivity contribution in [3.63, 3.8) is 0 Å². The summed E-state index contributed by atoms with van der Waals surface area (Å²) in [5, 5.41) is 3.20. The summed E-state index contributed by atoms with van der Waals surface area (Å²) in [7, 11) is 0. The van der Waals surface area contributed by atoms with Crippen molar-refractivity contribution in [3.8, 4) is 39.3 Å². The summed E-state index contributed by atoms with van der Waals surface area (Å²) >= 11 is 1.68. The molecule has 2 aromatic heterocycles. The minimum atomic E-state index is -1.44. The molecule has 194 valence electrons. The number of hydrogen-bond donors (Lipinski definition) is 0. The summed E-state index contributed by atoms with van der Waals surface area (Å²) in [6.07, 6.45) is -1.44. The van der Waals surface area contributed by atoms with Crippen molar-refractivity contribution in [2.24, 2.45) is 5.92 Å². The van der Waals surface area contributed by atoms with Crippen LogP contribution in [-0.4, -0.2) is 9.55 Å². The predicted octanol–water partition coefficient (Wildman–Crippen LogP) is 10.4. The Hall–Kier alpha value is -4.47. The van der Waals surface area contributed by atoms with Crippen LogP contribution in [0, 0.1) is 5.92 Å². The van der Waals surface area contributed by atoms with Gasteiger partial charge < -0.3 is 0 Å². The van der Waals surface area contributed by atoms with Crippen LogP contribution in [-0.2, 0) is 6.37 Å². The maximum atomic E-state index is 8.79. The molecule has 0 aliphatic heterocycles. The zero-order chi connectivity index (χ0) is 28.8. The maximum absolute atomic E-state index is 8.79. The van der Waals surface area contributed by atoms with Crippen molar-refractivity contribution in [1.82, 2.24) is 9.55 Å². The van der Waals surface area contributed by atoms with Crippen LogP contribution in [0.3, 0.4) is 0 Å². The Balaban J connectivity index is 1.58. The van der Waals surface area contributed by atoms with Gasteiger partial charge >= 0.3 is 0 Å². The van der Waals surface area contributed by atoms with Crippen LogP contribution < -0.4 is 0 Å². The quantitative estimate of drug-likeness (QED) is 0.207. The van der Waals surface area contributed by atoms with Crippen LogP contribution in [0.15, 0.2) is 127 Å². The van der Waals surface area contributed by atoms with Gasteiger partial charge in [0.15, 0.2) is 0 Å². The molecule has 3 heteroatoms. The lowest BCUT2D eigenvalue weighted by Gasteiger charge is -2.19. The van der Waals surface area contributed by atoms with E-state index in [-0.39, 0.29) is 5.92 Å². The molecule has 2 nitrogen and oxygen atoms in total. The third-order valence-corrected chi connectivity index (χ3v) is 8.22. The van der Waals surface area contributed by atoms with E-state index >= 15 is 0 Å². The van der Waals surface area contributed by atoms with Crippen LogP contribution in [0.4, 0.5) is 0 Å². The highest BCUT2D eigenvalue weighted by molar-refractivity contribution is 7.17. The van der Waals surface area contributed by atoms with Crippen molar-refractivity contribution < 1.29 is 2.74 Å². The summed E-state index contributed by atoms with van der Waals surface area (Å²) in [5.74, 6) is 0.707. The highest BCUT2D eigenvalue weighted by atomic mass is 32.1. The van der Waals surface area contributed by atoms with Crippen LogP contribution in [0.25, 0.3) is 60.4 Å². The summed E-state index contributed by atoms with van der Waals surface area (Å²) in [4.78, 5) is 5.25. The molecular weight excluding hydrogens is 504 g/mol. The van der Waals surface area contributed by atoms with Gasteiger partial charge in [0, 0.05) is 34.9 Å². The molecule has 7 rings (SSSR count). The average Bonchev–Trinajstić information content (AvgIpc) is 3.62. The molecule has 0 atom stereocenters. The van der Waals surface area contributed by atoms with Crippen molar-refractivity contribution in [2.75, 3.05) is 0 Å². The first-order valence-corrected chi connectivity index (χ1v) is 14.6. The molecule has 0 amide bonds. The van der Waals surface area contributed by atoms with Gasteiger partial charge in [-0.2, -0.15) is 0 Å². The Morgan fingerprint density at radius 2 is 1.38 bits per heavy atom. The molecule has 0 bridgehead atoms. The lowest BCUT2D eigenvalue weighted by atomic mass is 9.95. The standard InChI is InChI=1S/C37H30N2S/c1-25(2)22-26-20-21-35-31(23-26)32(24-40-35)37-38-33-18-9-10-19-34(33)39(37)36-29(27-12-5-3-6-13-27)16-11-17-30(36)28-14-7-4-8-15-28/h3-21,23-25H,22H2,1-2H3/i22D2. The summed E-state index contributed by atoms with van der Waals surface area (Å²) < 4.78 is 21.0. The average molecular weight is 537 g/mol. The molecule has 0 radical (unpaired) electrons. The zero-order valence-corrected chi connectivity index (χ0v) is 23.3. The number of rotatable bonds is 6. The molecule has 0 spiro atoms. The second-order valence-electron chi connectivity index (χ2n) is 10.4. The Kier molecular flexibility index (Phi) is 5.73. The van der Waals surface area contributed by atoms with Crippen LogP contribution in [0.2, 0.25) is 0 Å². The fourth-order valence-corrected chi connectivity index (χ4v) is 6.46. The van der Waals surface area contributed by atoms with Gasteiger partial charge in [-0.15, -0.1) is 11.3 Å². The van der Waals surface area contributed by atoms with E-state index < -0.39 is 6.37 Å². The number of nitrogens with zero attached hydrogens (tertiary/aromatic N) is 2. The second-order valence-corrected chi connectivity index (χ2v) is 11.3. The van der Waals surface area contributed by atoms with Crippen molar-refractivity contribution in [2.45, 2.75) is 20.2 Å². The lowest BCUT2D eigenvalue weighted by Crippen LogP contribution is -2.03. The van der Waals surface area contributed by atoms with Crippen molar-refractivity contribution in [3.05, 3.63) is 132 Å². The number of para-hydroxylation sites is 3. The largest absolute Gasteiger partial charge is 0.291 e. The van der Waals surface area contributed by atoms with Crippen LogP contribution in [0.1, 0.15) is 22.2 Å². The minimum absolute atomic E-state index is 0.146. The Morgan fingerprint density at radius 3 is 2.05 bits per heavy atom. The van der Waals surface area contributed by atoms with Crippen molar-refractivity contribution >= 4 is 32.5 Å². The topological polar surface area (TPSA) is 17.8 Å². The maximum Gasteiger partial charge on any atom is 0.147 e. The molecule has 0 N–H and O–H groups in total. The first kappa shape index (κ1) is 22.4. The molecule has 5 aromatic carbocycles. The fourth-order valence-electron chi connectivity index (χ4n) is 5.54. The van der Waals surface area contributed by atoms with Gasteiger partial charge in [-0.25, -0.2) is 4.98 Å². The third kappa shape index (κ3) is 4.33. The molecule has 0 saturated heterocycles. The highest BCUT2D eigenvalue weighted by Crippen LogP contribution is 2.42. The Morgan fingerprint density at radius 1 is 0.725 bits per heavy atom. The molecule has 0 unspecified atom stereocenters. The van der Waals surface area contributed by atoms with E-state index in [1.807, 2.05) is 44.2 Å². The molecule has 7 aromatic rings. The molecule has 0 saturated carbocycles. The van der Waals surface area contributed by atoms with Gasteiger partial charge in [-0.05, 0) is 53.2 Å². The number of imidazole rings is 1. The van der Waals surface area contributed by atoms with E-state index in [2.05, 4.69) is 101 Å². The molecule has 0 aliphatic carbocycles. The summed E-state index contributed by atoms with van der Waals surface area (Å²) in [6, 6.07) is 41.9. The Labute approximate surface area is 242 Å². The monoisotopic (exact) mass is 536 g/mol. The number of fused-ring (bicyclic) bond motifs is 2. The first-order chi connectivity index (χ1) is 20.4. The predicted molar refractivity (Wildman–Crippen MR) is 171 cm³/mol. The lowest BCUT2D eigenvalue weighted by molar-refractivity contribution is 0.648. The molecular formula is C37H30N2S. The number of hydrogen-bond acceptors (Lipinski definition) is 2. The van der Waals surface area contributed by atoms with Gasteiger partial charge in [0.1, 0.15) is 5.82 Å². The van der Waals surface area contributed by atoms with E-state index in [9.17, 15) is 0 Å². The molecule has 0 aliphatic rings. The van der Waals surface area contributed by atoms with Gasteiger partial charge in [0.2, 0.25) is 0 Å². The van der Waals surface area contributed by atoms with Crippen molar-refractivity contribution in [1.29, 1.82) is 0 Å². The van der Waals surface area contributed by atoms with Crippen LogP contribution in [0.5, 0.6) is 0 Å². The fraction of sp³-hybridized carbons (Fsp3) is 0.108. The van der Waals surface area contributed by atoms with Gasteiger partial charge in [-0.1, -0.05) is 111 Å². The highest BCUT2D eigenvalue weighted by Gasteiger charge is 2.23. The molecule has 0 fully saturated rings. The number of benzene rings is 5. The SMILES string of the molecule is [2H]C([2H])(c1ccc2scc(-c3nc4ccccc4n3-c3c(-c4ccccc4)cccc3-c3ccccc3)c2c1)C(C)C. The van der Waals surface area contributed by atoms with E-state index in [0.717, 1.165) is 60.4 Å². The third-order valence-electron chi connectivity index (χ3n) is 7.26. The zero-order valence-electron chi connectivity index (χ0n) is 24.5. The van der Waals surface area contributed by atoms with E-state index in [1.165, 1.54) is 0 Å². The minimum Gasteiger partial charge on any atom is -0.291 e. The molecule has 2 heterocycles. The van der Waals surface area contributed by atoms with E-state index in [0.29, 0.717) is 5.56 Å². The van der Waals surface area contributed by atoms with Crippen LogP contribution >= 0.6 is 11.3 Å². The smallest absolute Gasteiger partial charge is 0.147 e. The number of thiophene rings is 1. The van der Waals surface area contributed by atoms with Gasteiger partial charge in [0.25, 0.3) is 0 Å². The number of aromatic nitrogens is 2. The van der Waals surface area contributed by atoms with E-state index in [4.69, 9.17) is 7.73 Å². The summed E-state index contributed by atoms with van der Waals surface area (Å²) in [5.41, 5.74) is 9.25. The second kappa shape index (κ2) is 10.3. The Bertz CT molecular complexity index is 1980. The van der Waals surface area contributed by atoms with E-state index in [1.54, 1.807) is 11.3 Å². The van der Waals surface area contributed by atoms with Gasteiger partial charge in [0.05, 0.1) is 16.7 Å². The van der Waals surface area contributed by atoms with Gasteiger partial charge in [-0.3, -0.25) is 4.57 Å². The first-order valence-electron chi connectivity index (χ1n) is 14.7. The summed E-state index contributed by atoms with van der Waals surface area (Å²) in [6.45, 7) is 3.87. The normalized spacial score (nSPS) is 12.7.